The zero-order valence-corrected chi connectivity index (χ0v) is 19.1. The standard InChI is InChI=1S/C27H28N4O2/c1-20-19-22(11-12-23(20)31-14-6-8-21-7-3-4-9-24(21)31)27(32)30-17-15-29(16-18-30)26-25(33-2)10-5-13-28-26/h3-13,19H,14-18H2,1-2H3. The third-order valence-electron chi connectivity index (χ3n) is 6.38. The Hall–Kier alpha value is -3.80. The molecule has 0 radical (unpaired) electrons. The maximum atomic E-state index is 13.2. The molecular weight excluding hydrogens is 412 g/mol. The van der Waals surface area contributed by atoms with Crippen molar-refractivity contribution in [2.75, 3.05) is 49.6 Å². The van der Waals surface area contributed by atoms with E-state index in [1.54, 1.807) is 13.3 Å². The van der Waals surface area contributed by atoms with Crippen LogP contribution in [-0.4, -0.2) is 55.6 Å². The molecule has 0 spiro atoms. The van der Waals surface area contributed by atoms with Gasteiger partial charge in [-0.2, -0.15) is 0 Å². The first-order valence-corrected chi connectivity index (χ1v) is 11.3. The summed E-state index contributed by atoms with van der Waals surface area (Å²) in [5, 5.41) is 0. The molecule has 1 saturated heterocycles. The van der Waals surface area contributed by atoms with Crippen molar-refractivity contribution in [2.45, 2.75) is 6.92 Å². The number of aryl methyl sites for hydroxylation is 1. The van der Waals surface area contributed by atoms with Crippen LogP contribution in [0.2, 0.25) is 0 Å². The Labute approximate surface area is 194 Å². The van der Waals surface area contributed by atoms with Crippen molar-refractivity contribution >= 4 is 29.2 Å². The van der Waals surface area contributed by atoms with Gasteiger partial charge in [-0.3, -0.25) is 4.79 Å². The van der Waals surface area contributed by atoms with Crippen LogP contribution in [0, 0.1) is 6.92 Å². The molecular formula is C27H28N4O2. The Morgan fingerprint density at radius 2 is 1.79 bits per heavy atom. The molecule has 0 bridgehead atoms. The van der Waals surface area contributed by atoms with Crippen LogP contribution in [0.15, 0.2) is 66.9 Å². The lowest BCUT2D eigenvalue weighted by molar-refractivity contribution is 0.0746. The highest BCUT2D eigenvalue weighted by Crippen LogP contribution is 2.34. The van der Waals surface area contributed by atoms with Crippen molar-refractivity contribution in [3.05, 3.63) is 83.6 Å². The molecule has 33 heavy (non-hydrogen) atoms. The van der Waals surface area contributed by atoms with E-state index in [0.717, 1.165) is 48.0 Å². The topological polar surface area (TPSA) is 48.9 Å². The van der Waals surface area contributed by atoms with E-state index < -0.39 is 0 Å². The number of hydrogen-bond acceptors (Lipinski definition) is 5. The highest BCUT2D eigenvalue weighted by atomic mass is 16.5. The lowest BCUT2D eigenvalue weighted by Gasteiger charge is -2.36. The molecule has 168 valence electrons. The van der Waals surface area contributed by atoms with Gasteiger partial charge in [-0.15, -0.1) is 0 Å². The van der Waals surface area contributed by atoms with E-state index in [2.05, 4.69) is 64.2 Å². The highest BCUT2D eigenvalue weighted by Gasteiger charge is 2.25. The number of amides is 1. The molecule has 1 aromatic heterocycles. The molecule has 1 fully saturated rings. The average molecular weight is 441 g/mol. The first kappa shape index (κ1) is 21.1. The summed E-state index contributed by atoms with van der Waals surface area (Å²) in [6.45, 7) is 5.68. The van der Waals surface area contributed by atoms with E-state index in [0.29, 0.717) is 13.1 Å². The maximum Gasteiger partial charge on any atom is 0.253 e. The summed E-state index contributed by atoms with van der Waals surface area (Å²) >= 11 is 0. The number of pyridine rings is 1. The van der Waals surface area contributed by atoms with Crippen LogP contribution in [0.5, 0.6) is 5.75 Å². The van der Waals surface area contributed by atoms with E-state index in [9.17, 15) is 4.79 Å². The minimum Gasteiger partial charge on any atom is -0.493 e. The molecule has 0 atom stereocenters. The van der Waals surface area contributed by atoms with Crippen molar-refractivity contribution in [3.63, 3.8) is 0 Å². The number of fused-ring (bicyclic) bond motifs is 1. The average Bonchev–Trinajstić information content (AvgIpc) is 2.88. The summed E-state index contributed by atoms with van der Waals surface area (Å²) in [6.07, 6.45) is 6.12. The summed E-state index contributed by atoms with van der Waals surface area (Å²) in [4.78, 5) is 24.1. The molecule has 2 aromatic carbocycles. The monoisotopic (exact) mass is 440 g/mol. The second-order valence-corrected chi connectivity index (χ2v) is 8.38. The molecule has 3 aromatic rings. The van der Waals surface area contributed by atoms with E-state index in [4.69, 9.17) is 4.74 Å². The fourth-order valence-electron chi connectivity index (χ4n) is 4.66. The van der Waals surface area contributed by atoms with Gasteiger partial charge in [0.25, 0.3) is 5.91 Å². The molecule has 0 unspecified atom stereocenters. The molecule has 5 rings (SSSR count). The number of piperazine rings is 1. The molecule has 0 saturated carbocycles. The largest absolute Gasteiger partial charge is 0.493 e. The third kappa shape index (κ3) is 4.04. The summed E-state index contributed by atoms with van der Waals surface area (Å²) in [7, 11) is 1.66. The number of carbonyl (C=O) groups excluding carboxylic acids is 1. The number of nitrogens with zero attached hydrogens (tertiary/aromatic N) is 4. The lowest BCUT2D eigenvalue weighted by Crippen LogP contribution is -2.49. The van der Waals surface area contributed by atoms with Gasteiger partial charge in [0.1, 0.15) is 0 Å². The predicted octanol–water partition coefficient (Wildman–Crippen LogP) is 4.53. The zero-order chi connectivity index (χ0) is 22.8. The van der Waals surface area contributed by atoms with Gasteiger partial charge in [0.2, 0.25) is 0 Å². The third-order valence-corrected chi connectivity index (χ3v) is 6.38. The fraction of sp³-hybridized carbons (Fsp3) is 0.259. The number of anilines is 3. The number of methoxy groups -OCH3 is 1. The smallest absolute Gasteiger partial charge is 0.253 e. The molecule has 6 nitrogen and oxygen atoms in total. The normalized spacial score (nSPS) is 15.4. The molecule has 1 amide bonds. The number of ether oxygens (including phenoxy) is 1. The molecule has 0 aliphatic carbocycles. The van der Waals surface area contributed by atoms with Crippen LogP contribution < -0.4 is 14.5 Å². The Balaban J connectivity index is 1.30. The van der Waals surface area contributed by atoms with E-state index in [1.807, 2.05) is 29.2 Å². The highest BCUT2D eigenvalue weighted by molar-refractivity contribution is 5.95. The van der Waals surface area contributed by atoms with E-state index >= 15 is 0 Å². The molecule has 0 N–H and O–H groups in total. The van der Waals surface area contributed by atoms with Crippen LogP contribution in [-0.2, 0) is 0 Å². The van der Waals surface area contributed by atoms with Crippen molar-refractivity contribution < 1.29 is 9.53 Å². The summed E-state index contributed by atoms with van der Waals surface area (Å²) in [5.74, 6) is 1.68. The molecule has 3 heterocycles. The van der Waals surface area contributed by atoms with Gasteiger partial charge < -0.3 is 19.4 Å². The van der Waals surface area contributed by atoms with Gasteiger partial charge in [0, 0.05) is 55.9 Å². The van der Waals surface area contributed by atoms with Gasteiger partial charge in [0.15, 0.2) is 11.6 Å². The Bertz CT molecular complexity index is 1200. The number of carbonyl (C=O) groups is 1. The second-order valence-electron chi connectivity index (χ2n) is 8.38. The van der Waals surface area contributed by atoms with Gasteiger partial charge in [0.05, 0.1) is 7.11 Å². The van der Waals surface area contributed by atoms with Crippen molar-refractivity contribution in [1.82, 2.24) is 9.88 Å². The van der Waals surface area contributed by atoms with Crippen LogP contribution in [0.1, 0.15) is 21.5 Å². The quantitative estimate of drug-likeness (QED) is 0.597. The molecule has 6 heteroatoms. The first-order valence-electron chi connectivity index (χ1n) is 11.3. The Morgan fingerprint density at radius 3 is 2.58 bits per heavy atom. The molecule has 2 aliphatic rings. The van der Waals surface area contributed by atoms with E-state index in [-0.39, 0.29) is 5.91 Å². The number of aromatic nitrogens is 1. The predicted molar refractivity (Wildman–Crippen MR) is 133 cm³/mol. The second kappa shape index (κ2) is 8.98. The lowest BCUT2D eigenvalue weighted by atomic mass is 10.0. The maximum absolute atomic E-state index is 13.2. The van der Waals surface area contributed by atoms with Gasteiger partial charge in [-0.05, 0) is 54.4 Å². The summed E-state index contributed by atoms with van der Waals surface area (Å²) in [6, 6.07) is 18.2. The van der Waals surface area contributed by atoms with Gasteiger partial charge >= 0.3 is 0 Å². The first-order chi connectivity index (χ1) is 16.2. The van der Waals surface area contributed by atoms with Crippen LogP contribution in [0.4, 0.5) is 17.2 Å². The SMILES string of the molecule is COc1cccnc1N1CCN(C(=O)c2ccc(N3CC=Cc4ccccc43)c(C)c2)CC1. The van der Waals surface area contributed by atoms with Crippen LogP contribution in [0.3, 0.4) is 0 Å². The van der Waals surface area contributed by atoms with Crippen molar-refractivity contribution in [3.8, 4) is 5.75 Å². The summed E-state index contributed by atoms with van der Waals surface area (Å²) in [5.41, 5.74) is 5.38. The number of rotatable bonds is 4. The number of hydrogen-bond donors (Lipinski definition) is 0. The minimum absolute atomic E-state index is 0.0798. The van der Waals surface area contributed by atoms with Crippen LogP contribution in [0.25, 0.3) is 6.08 Å². The fourth-order valence-corrected chi connectivity index (χ4v) is 4.66. The summed E-state index contributed by atoms with van der Waals surface area (Å²) < 4.78 is 5.45. The van der Waals surface area contributed by atoms with Gasteiger partial charge in [-0.1, -0.05) is 30.4 Å². The molecule has 2 aliphatic heterocycles. The van der Waals surface area contributed by atoms with Crippen molar-refractivity contribution in [2.24, 2.45) is 0 Å². The van der Waals surface area contributed by atoms with Crippen LogP contribution >= 0.6 is 0 Å². The zero-order valence-electron chi connectivity index (χ0n) is 19.1. The number of benzene rings is 2. The number of para-hydroxylation sites is 1. The van der Waals surface area contributed by atoms with Gasteiger partial charge in [-0.25, -0.2) is 4.98 Å². The Morgan fingerprint density at radius 1 is 0.970 bits per heavy atom. The van der Waals surface area contributed by atoms with E-state index in [1.165, 1.54) is 11.3 Å². The van der Waals surface area contributed by atoms with Crippen molar-refractivity contribution in [1.29, 1.82) is 0 Å². The minimum atomic E-state index is 0.0798. The Kier molecular flexibility index (Phi) is 5.73.